The molecule has 2 aromatic heterocycles. The molecule has 2 aromatic rings. The second-order valence-corrected chi connectivity index (χ2v) is 6.02. The average molecular weight is 257 g/mol. The monoisotopic (exact) mass is 257 g/mol. The molecule has 3 nitrogen and oxygen atoms in total. The van der Waals surface area contributed by atoms with Crippen molar-refractivity contribution in [3.05, 3.63) is 35.8 Å². The van der Waals surface area contributed by atoms with Gasteiger partial charge in [-0.2, -0.15) is 0 Å². The van der Waals surface area contributed by atoms with Gasteiger partial charge in [0, 0.05) is 30.9 Å². The highest BCUT2D eigenvalue weighted by Gasteiger charge is 2.24. The Kier molecular flexibility index (Phi) is 3.31. The molecule has 3 rings (SSSR count). The molecule has 1 saturated heterocycles. The molecule has 102 valence electrons. The number of nitrogens with zero attached hydrogens (tertiary/aromatic N) is 3. The molecule has 1 aliphatic heterocycles. The molecule has 1 fully saturated rings. The standard InChI is InChI=1S/C16H23N3/c1-12(2)18-8-5-7-14(10-18)15-11-19-9-4-6-13(3)16(19)17-15/h4,6,9,11-12,14H,5,7-8,10H2,1-3H3. The van der Waals surface area contributed by atoms with E-state index in [1.165, 1.54) is 30.6 Å². The van der Waals surface area contributed by atoms with Gasteiger partial charge in [-0.25, -0.2) is 4.98 Å². The number of rotatable bonds is 2. The van der Waals surface area contributed by atoms with E-state index in [0.717, 1.165) is 12.2 Å². The van der Waals surface area contributed by atoms with Crippen molar-refractivity contribution in [1.29, 1.82) is 0 Å². The Morgan fingerprint density at radius 3 is 2.95 bits per heavy atom. The average Bonchev–Trinajstić information content (AvgIpc) is 2.84. The maximum absolute atomic E-state index is 4.87. The number of likely N-dealkylation sites (tertiary alicyclic amines) is 1. The number of hydrogen-bond acceptors (Lipinski definition) is 2. The van der Waals surface area contributed by atoms with Crippen molar-refractivity contribution < 1.29 is 0 Å². The van der Waals surface area contributed by atoms with Crippen LogP contribution in [0.1, 0.15) is 43.9 Å². The maximum Gasteiger partial charge on any atom is 0.139 e. The van der Waals surface area contributed by atoms with Gasteiger partial charge in [-0.1, -0.05) is 6.07 Å². The summed E-state index contributed by atoms with van der Waals surface area (Å²) in [7, 11) is 0. The normalized spacial score (nSPS) is 21.4. The molecule has 0 aliphatic carbocycles. The van der Waals surface area contributed by atoms with E-state index in [-0.39, 0.29) is 0 Å². The van der Waals surface area contributed by atoms with Gasteiger partial charge < -0.3 is 9.30 Å². The fraction of sp³-hybridized carbons (Fsp3) is 0.562. The second kappa shape index (κ2) is 4.97. The van der Waals surface area contributed by atoms with Gasteiger partial charge in [-0.15, -0.1) is 0 Å². The molecule has 0 aromatic carbocycles. The molecule has 3 heteroatoms. The van der Waals surface area contributed by atoms with E-state index in [2.05, 4.69) is 54.6 Å². The maximum atomic E-state index is 4.87. The summed E-state index contributed by atoms with van der Waals surface area (Å²) in [5.41, 5.74) is 3.63. The predicted octanol–water partition coefficient (Wildman–Crippen LogP) is 3.23. The Balaban J connectivity index is 1.89. The minimum Gasteiger partial charge on any atom is -0.307 e. The first-order valence-corrected chi connectivity index (χ1v) is 7.33. The van der Waals surface area contributed by atoms with Gasteiger partial charge in [0.2, 0.25) is 0 Å². The topological polar surface area (TPSA) is 20.5 Å². The molecule has 0 saturated carbocycles. The van der Waals surface area contributed by atoms with Gasteiger partial charge in [-0.3, -0.25) is 0 Å². The van der Waals surface area contributed by atoms with Crippen molar-refractivity contribution in [2.24, 2.45) is 0 Å². The Hall–Kier alpha value is -1.35. The molecule has 1 atom stereocenters. The second-order valence-electron chi connectivity index (χ2n) is 6.02. The summed E-state index contributed by atoms with van der Waals surface area (Å²) in [6.07, 6.45) is 6.88. The molecule has 0 spiro atoms. The van der Waals surface area contributed by atoms with Gasteiger partial charge in [0.05, 0.1) is 5.69 Å². The van der Waals surface area contributed by atoms with Gasteiger partial charge in [0.1, 0.15) is 5.65 Å². The van der Waals surface area contributed by atoms with E-state index in [1.807, 2.05) is 0 Å². The highest BCUT2D eigenvalue weighted by Crippen LogP contribution is 2.27. The predicted molar refractivity (Wildman–Crippen MR) is 78.6 cm³/mol. The number of imidazole rings is 1. The van der Waals surface area contributed by atoms with E-state index in [4.69, 9.17) is 4.98 Å². The lowest BCUT2D eigenvalue weighted by Crippen LogP contribution is -2.39. The SMILES string of the molecule is Cc1cccn2cc(C3CCCN(C(C)C)C3)nc12. The van der Waals surface area contributed by atoms with Crippen molar-refractivity contribution >= 4 is 5.65 Å². The first-order valence-electron chi connectivity index (χ1n) is 7.33. The molecule has 0 amide bonds. The summed E-state index contributed by atoms with van der Waals surface area (Å²) in [5.74, 6) is 0.593. The van der Waals surface area contributed by atoms with Crippen molar-refractivity contribution in [3.8, 4) is 0 Å². The number of aromatic nitrogens is 2. The summed E-state index contributed by atoms with van der Waals surface area (Å²) < 4.78 is 2.17. The quantitative estimate of drug-likeness (QED) is 0.823. The van der Waals surface area contributed by atoms with Crippen LogP contribution in [0.15, 0.2) is 24.5 Å². The Labute approximate surface area is 115 Å². The van der Waals surface area contributed by atoms with Gasteiger partial charge in [0.25, 0.3) is 0 Å². The lowest BCUT2D eigenvalue weighted by Gasteiger charge is -2.34. The summed E-state index contributed by atoms with van der Waals surface area (Å²) in [4.78, 5) is 7.44. The van der Waals surface area contributed by atoms with E-state index >= 15 is 0 Å². The molecular formula is C16H23N3. The van der Waals surface area contributed by atoms with Crippen LogP contribution in [0, 0.1) is 6.92 Å². The lowest BCUT2D eigenvalue weighted by molar-refractivity contribution is 0.166. The molecule has 3 heterocycles. The van der Waals surface area contributed by atoms with Gasteiger partial charge in [-0.05, 0) is 51.8 Å². The van der Waals surface area contributed by atoms with Crippen molar-refractivity contribution in [2.75, 3.05) is 13.1 Å². The first-order chi connectivity index (χ1) is 9.15. The van der Waals surface area contributed by atoms with Crippen molar-refractivity contribution in [3.63, 3.8) is 0 Å². The number of piperidine rings is 1. The summed E-state index contributed by atoms with van der Waals surface area (Å²) >= 11 is 0. The van der Waals surface area contributed by atoms with E-state index in [9.17, 15) is 0 Å². The highest BCUT2D eigenvalue weighted by molar-refractivity contribution is 5.48. The first kappa shape index (κ1) is 12.7. The van der Waals surface area contributed by atoms with Crippen LogP contribution in [-0.4, -0.2) is 33.4 Å². The van der Waals surface area contributed by atoms with Crippen LogP contribution in [-0.2, 0) is 0 Å². The third-order valence-corrected chi connectivity index (χ3v) is 4.30. The largest absolute Gasteiger partial charge is 0.307 e. The van der Waals surface area contributed by atoms with Crippen LogP contribution in [0.3, 0.4) is 0 Å². The third kappa shape index (κ3) is 2.39. The van der Waals surface area contributed by atoms with Crippen LogP contribution >= 0.6 is 0 Å². The fourth-order valence-corrected chi connectivity index (χ4v) is 3.09. The molecule has 0 bridgehead atoms. The van der Waals surface area contributed by atoms with Crippen LogP contribution < -0.4 is 0 Å². The van der Waals surface area contributed by atoms with Crippen molar-refractivity contribution in [2.45, 2.75) is 45.6 Å². The summed E-state index contributed by atoms with van der Waals surface area (Å²) in [6.45, 7) is 9.10. The Morgan fingerprint density at radius 1 is 1.37 bits per heavy atom. The number of fused-ring (bicyclic) bond motifs is 1. The van der Waals surface area contributed by atoms with Crippen LogP contribution in [0.5, 0.6) is 0 Å². The number of hydrogen-bond donors (Lipinski definition) is 0. The molecule has 0 radical (unpaired) electrons. The molecule has 19 heavy (non-hydrogen) atoms. The lowest BCUT2D eigenvalue weighted by atomic mass is 9.94. The number of aryl methyl sites for hydroxylation is 1. The molecule has 1 unspecified atom stereocenters. The minimum atomic E-state index is 0.593. The number of pyridine rings is 1. The molecular weight excluding hydrogens is 234 g/mol. The van der Waals surface area contributed by atoms with E-state index in [1.54, 1.807) is 0 Å². The van der Waals surface area contributed by atoms with E-state index in [0.29, 0.717) is 12.0 Å². The fourth-order valence-electron chi connectivity index (χ4n) is 3.09. The van der Waals surface area contributed by atoms with E-state index < -0.39 is 0 Å². The zero-order chi connectivity index (χ0) is 13.4. The Morgan fingerprint density at radius 2 is 2.21 bits per heavy atom. The Bertz CT molecular complexity index is 570. The van der Waals surface area contributed by atoms with Crippen molar-refractivity contribution in [1.82, 2.24) is 14.3 Å². The minimum absolute atomic E-state index is 0.593. The summed E-state index contributed by atoms with van der Waals surface area (Å²) in [6, 6.07) is 4.87. The zero-order valence-corrected chi connectivity index (χ0v) is 12.1. The third-order valence-electron chi connectivity index (χ3n) is 4.30. The smallest absolute Gasteiger partial charge is 0.139 e. The van der Waals surface area contributed by atoms with Gasteiger partial charge in [0.15, 0.2) is 0 Å². The van der Waals surface area contributed by atoms with Crippen LogP contribution in [0.2, 0.25) is 0 Å². The molecule has 1 aliphatic rings. The molecule has 0 N–H and O–H groups in total. The van der Waals surface area contributed by atoms with Gasteiger partial charge >= 0.3 is 0 Å². The van der Waals surface area contributed by atoms with Crippen LogP contribution in [0.25, 0.3) is 5.65 Å². The summed E-state index contributed by atoms with van der Waals surface area (Å²) in [5, 5.41) is 0. The zero-order valence-electron chi connectivity index (χ0n) is 12.1. The van der Waals surface area contributed by atoms with Crippen LogP contribution in [0.4, 0.5) is 0 Å². The highest BCUT2D eigenvalue weighted by atomic mass is 15.2.